The summed E-state index contributed by atoms with van der Waals surface area (Å²) in [4.78, 5) is 56.5. The first-order valence-corrected chi connectivity index (χ1v) is 8.58. The van der Waals surface area contributed by atoms with Crippen LogP contribution in [0.4, 0.5) is 0 Å². The van der Waals surface area contributed by atoms with Gasteiger partial charge in [0.1, 0.15) is 6.54 Å². The highest BCUT2D eigenvalue weighted by Gasteiger charge is 2.61. The summed E-state index contributed by atoms with van der Waals surface area (Å²) >= 11 is 0. The number of rotatable bonds is 1. The van der Waals surface area contributed by atoms with Crippen LogP contribution in [0.1, 0.15) is 42.5 Å². The van der Waals surface area contributed by atoms with Gasteiger partial charge in [-0.15, -0.1) is 0 Å². The van der Waals surface area contributed by atoms with Gasteiger partial charge in [0.2, 0.25) is 11.8 Å². The molecule has 0 bridgehead atoms. The molecule has 0 aromatic heterocycles. The number of aryl methyl sites for hydroxylation is 3. The fraction of sp³-hybridized carbons (Fsp3) is 0.421. The number of carbonyl (C=O) groups excluding carboxylic acids is 4. The van der Waals surface area contributed by atoms with Crippen LogP contribution >= 0.6 is 0 Å². The molecule has 2 aliphatic heterocycles. The number of benzene rings is 1. The van der Waals surface area contributed by atoms with E-state index in [9.17, 15) is 19.2 Å². The molecule has 1 fully saturated rings. The van der Waals surface area contributed by atoms with E-state index in [1.165, 1.54) is 13.8 Å². The van der Waals surface area contributed by atoms with Crippen molar-refractivity contribution in [2.75, 3.05) is 6.54 Å². The monoisotopic (exact) mass is 371 g/mol. The average molecular weight is 371 g/mol. The van der Waals surface area contributed by atoms with Crippen LogP contribution in [-0.4, -0.2) is 51.4 Å². The number of piperazine rings is 1. The molecule has 1 aromatic rings. The van der Waals surface area contributed by atoms with E-state index in [2.05, 4.69) is 5.16 Å². The molecule has 1 unspecified atom stereocenters. The third-order valence-electron chi connectivity index (χ3n) is 4.86. The van der Waals surface area contributed by atoms with E-state index in [1.54, 1.807) is 0 Å². The van der Waals surface area contributed by atoms with Gasteiger partial charge in [0.05, 0.1) is 12.1 Å². The van der Waals surface area contributed by atoms with Gasteiger partial charge in [0.15, 0.2) is 0 Å². The van der Waals surface area contributed by atoms with Crippen LogP contribution in [-0.2, 0) is 24.0 Å². The van der Waals surface area contributed by atoms with E-state index in [4.69, 9.17) is 4.84 Å². The third-order valence-corrected chi connectivity index (χ3v) is 4.86. The minimum atomic E-state index is -1.95. The highest BCUT2D eigenvalue weighted by Crippen LogP contribution is 2.37. The zero-order valence-corrected chi connectivity index (χ0v) is 16.0. The highest BCUT2D eigenvalue weighted by molar-refractivity contribution is 6.15. The van der Waals surface area contributed by atoms with E-state index in [1.807, 2.05) is 32.9 Å². The maximum atomic E-state index is 13.0. The molecule has 0 N–H and O–H groups in total. The number of hydrogen-bond donors (Lipinski definition) is 0. The van der Waals surface area contributed by atoms with Gasteiger partial charge in [0.25, 0.3) is 11.8 Å². The molecule has 2 aliphatic rings. The Morgan fingerprint density at radius 2 is 1.67 bits per heavy atom. The van der Waals surface area contributed by atoms with Crippen molar-refractivity contribution < 1.29 is 24.0 Å². The molecule has 1 spiro atoms. The Bertz CT molecular complexity index is 897. The lowest BCUT2D eigenvalue weighted by Crippen LogP contribution is -2.70. The zero-order chi connectivity index (χ0) is 20.1. The zero-order valence-electron chi connectivity index (χ0n) is 16.0. The summed E-state index contributed by atoms with van der Waals surface area (Å²) in [7, 11) is 0. The number of oxime groups is 1. The Labute approximate surface area is 156 Å². The van der Waals surface area contributed by atoms with Gasteiger partial charge in [-0.2, -0.15) is 0 Å². The van der Waals surface area contributed by atoms with Crippen LogP contribution in [0.3, 0.4) is 0 Å². The molecule has 8 heteroatoms. The fourth-order valence-electron chi connectivity index (χ4n) is 3.90. The highest BCUT2D eigenvalue weighted by atomic mass is 16.7. The molecule has 142 valence electrons. The number of carbonyl (C=O) groups is 4. The van der Waals surface area contributed by atoms with Gasteiger partial charge in [-0.05, 0) is 31.9 Å². The molecule has 4 amide bonds. The molecule has 8 nitrogen and oxygen atoms in total. The second-order valence-electron chi connectivity index (χ2n) is 7.02. The van der Waals surface area contributed by atoms with Gasteiger partial charge in [-0.25, -0.2) is 4.90 Å². The van der Waals surface area contributed by atoms with Crippen LogP contribution in [0.15, 0.2) is 17.3 Å². The van der Waals surface area contributed by atoms with Crippen molar-refractivity contribution >= 4 is 29.3 Å². The minimum absolute atomic E-state index is 0.105. The SMILES string of the molecule is CC(=O)N1CC(=O)N(C(C)=O)C2(CC(c3c(C)cc(C)cc3C)=NO2)C1=O. The van der Waals surface area contributed by atoms with Crippen molar-refractivity contribution in [2.24, 2.45) is 5.16 Å². The standard InChI is InChI=1S/C19H21N3O5/c1-10-6-11(2)17(12(3)7-10)15-8-19(27-20-15)18(26)21(13(4)23)9-16(25)22(19)14(5)24/h6-7H,8-9H2,1-5H3. The van der Waals surface area contributed by atoms with E-state index in [0.717, 1.165) is 32.1 Å². The first-order chi connectivity index (χ1) is 12.6. The summed E-state index contributed by atoms with van der Waals surface area (Å²) in [6.45, 7) is 7.69. The first-order valence-electron chi connectivity index (χ1n) is 8.58. The maximum absolute atomic E-state index is 13.0. The van der Waals surface area contributed by atoms with Crippen LogP contribution in [0.2, 0.25) is 0 Å². The maximum Gasteiger partial charge on any atom is 0.303 e. The molecule has 1 aromatic carbocycles. The van der Waals surface area contributed by atoms with Crippen molar-refractivity contribution in [1.29, 1.82) is 0 Å². The van der Waals surface area contributed by atoms with Crippen LogP contribution in [0, 0.1) is 20.8 Å². The summed E-state index contributed by atoms with van der Waals surface area (Å²) in [5, 5.41) is 4.06. The van der Waals surface area contributed by atoms with Gasteiger partial charge >= 0.3 is 5.72 Å². The van der Waals surface area contributed by atoms with Crippen molar-refractivity contribution in [2.45, 2.75) is 46.8 Å². The Hall–Kier alpha value is -3.03. The first kappa shape index (κ1) is 18.8. The summed E-state index contributed by atoms with van der Waals surface area (Å²) in [5.74, 6) is -2.65. The van der Waals surface area contributed by atoms with Gasteiger partial charge in [0, 0.05) is 19.4 Å². The molecule has 0 radical (unpaired) electrons. The van der Waals surface area contributed by atoms with Crippen molar-refractivity contribution in [3.63, 3.8) is 0 Å². The Kier molecular flexibility index (Phi) is 4.37. The van der Waals surface area contributed by atoms with E-state index >= 15 is 0 Å². The molecule has 1 saturated heterocycles. The predicted molar refractivity (Wildman–Crippen MR) is 95.5 cm³/mol. The molecule has 2 heterocycles. The summed E-state index contributed by atoms with van der Waals surface area (Å²) in [6.07, 6.45) is -0.105. The largest absolute Gasteiger partial charge is 0.355 e. The lowest BCUT2D eigenvalue weighted by Gasteiger charge is -2.42. The molecule has 1 atom stereocenters. The lowest BCUT2D eigenvalue weighted by atomic mass is 9.90. The second kappa shape index (κ2) is 6.29. The molecular weight excluding hydrogens is 350 g/mol. The Morgan fingerprint density at radius 1 is 1.07 bits per heavy atom. The van der Waals surface area contributed by atoms with Crippen molar-refractivity contribution in [3.8, 4) is 0 Å². The number of amides is 4. The normalized spacial score (nSPS) is 22.2. The Morgan fingerprint density at radius 3 is 2.19 bits per heavy atom. The third kappa shape index (κ3) is 2.81. The average Bonchev–Trinajstić information content (AvgIpc) is 2.94. The number of nitrogens with zero attached hydrogens (tertiary/aromatic N) is 3. The number of hydrogen-bond acceptors (Lipinski definition) is 6. The summed E-state index contributed by atoms with van der Waals surface area (Å²) in [5.41, 5.74) is 2.29. The molecule has 27 heavy (non-hydrogen) atoms. The van der Waals surface area contributed by atoms with Crippen LogP contribution < -0.4 is 0 Å². The van der Waals surface area contributed by atoms with Crippen molar-refractivity contribution in [1.82, 2.24) is 9.80 Å². The van der Waals surface area contributed by atoms with E-state index in [-0.39, 0.29) is 6.42 Å². The van der Waals surface area contributed by atoms with Crippen LogP contribution in [0.25, 0.3) is 0 Å². The van der Waals surface area contributed by atoms with Gasteiger partial charge in [-0.3, -0.25) is 24.1 Å². The molecule has 3 rings (SSSR count). The molecule has 0 aliphatic carbocycles. The Balaban J connectivity index is 2.07. The van der Waals surface area contributed by atoms with Gasteiger partial charge < -0.3 is 4.84 Å². The lowest BCUT2D eigenvalue weighted by molar-refractivity contribution is -0.203. The predicted octanol–water partition coefficient (Wildman–Crippen LogP) is 1.20. The quantitative estimate of drug-likeness (QED) is 0.739. The fourth-order valence-corrected chi connectivity index (χ4v) is 3.90. The van der Waals surface area contributed by atoms with E-state index in [0.29, 0.717) is 5.71 Å². The van der Waals surface area contributed by atoms with Gasteiger partial charge in [-0.1, -0.05) is 22.9 Å². The topological polar surface area (TPSA) is 96.4 Å². The summed E-state index contributed by atoms with van der Waals surface area (Å²) in [6, 6.07) is 3.96. The minimum Gasteiger partial charge on any atom is -0.355 e. The summed E-state index contributed by atoms with van der Waals surface area (Å²) < 4.78 is 0. The molecular formula is C19H21N3O5. The smallest absolute Gasteiger partial charge is 0.303 e. The van der Waals surface area contributed by atoms with Crippen molar-refractivity contribution in [3.05, 3.63) is 34.4 Å². The second-order valence-corrected chi connectivity index (χ2v) is 7.02. The number of imide groups is 2. The molecule has 0 saturated carbocycles. The van der Waals surface area contributed by atoms with Crippen LogP contribution in [0.5, 0.6) is 0 Å². The van der Waals surface area contributed by atoms with E-state index < -0.39 is 35.9 Å².